The smallest absolute Gasteiger partial charge is 0.148 e. The highest BCUT2D eigenvalue weighted by Gasteiger charge is 2.08. The number of hydrogen-bond donors (Lipinski definition) is 1. The Bertz CT molecular complexity index is 524. The molecule has 0 atom stereocenters. The van der Waals surface area contributed by atoms with Crippen LogP contribution in [0.1, 0.15) is 30.9 Å². The van der Waals surface area contributed by atoms with E-state index in [1.165, 1.54) is 17.4 Å². The van der Waals surface area contributed by atoms with Gasteiger partial charge in [-0.3, -0.25) is 0 Å². The third kappa shape index (κ3) is 6.39. The van der Waals surface area contributed by atoms with Gasteiger partial charge in [0.25, 0.3) is 0 Å². The first kappa shape index (κ1) is 17.0. The van der Waals surface area contributed by atoms with Crippen molar-refractivity contribution in [2.24, 2.45) is 0 Å². The standard InChI is InChI=1S/C15H25NO3S/c1-12(2)14-6-5-13(3)11-15(14)19-9-7-16-8-10-20(4,17)18/h5-6,11-12,16H,7-10H2,1-4H3. The van der Waals surface area contributed by atoms with Gasteiger partial charge in [0.1, 0.15) is 22.2 Å². The molecule has 0 spiro atoms. The molecule has 0 aromatic heterocycles. The maximum Gasteiger partial charge on any atom is 0.148 e. The van der Waals surface area contributed by atoms with Crippen molar-refractivity contribution in [3.8, 4) is 5.75 Å². The van der Waals surface area contributed by atoms with Gasteiger partial charge >= 0.3 is 0 Å². The summed E-state index contributed by atoms with van der Waals surface area (Å²) < 4.78 is 27.7. The third-order valence-corrected chi connectivity index (χ3v) is 3.92. The number of ether oxygens (including phenoxy) is 1. The summed E-state index contributed by atoms with van der Waals surface area (Å²) in [7, 11) is -2.89. The molecule has 0 aliphatic rings. The van der Waals surface area contributed by atoms with Crippen molar-refractivity contribution in [1.82, 2.24) is 5.32 Å². The molecule has 1 N–H and O–H groups in total. The molecule has 0 radical (unpaired) electrons. The molecule has 114 valence electrons. The van der Waals surface area contributed by atoms with Gasteiger partial charge < -0.3 is 10.1 Å². The summed E-state index contributed by atoms with van der Waals surface area (Å²) in [5, 5.41) is 3.07. The first-order valence-corrected chi connectivity index (χ1v) is 8.97. The molecule has 0 bridgehead atoms. The molecule has 0 saturated carbocycles. The van der Waals surface area contributed by atoms with E-state index in [0.29, 0.717) is 25.6 Å². The normalized spacial score (nSPS) is 11.8. The molecule has 4 nitrogen and oxygen atoms in total. The van der Waals surface area contributed by atoms with E-state index in [4.69, 9.17) is 4.74 Å². The van der Waals surface area contributed by atoms with Crippen molar-refractivity contribution in [2.45, 2.75) is 26.7 Å². The molecule has 0 aliphatic heterocycles. The van der Waals surface area contributed by atoms with Gasteiger partial charge in [-0.15, -0.1) is 0 Å². The molecule has 0 fully saturated rings. The maximum absolute atomic E-state index is 11.0. The highest BCUT2D eigenvalue weighted by Crippen LogP contribution is 2.27. The van der Waals surface area contributed by atoms with E-state index < -0.39 is 9.84 Å². The van der Waals surface area contributed by atoms with Crippen molar-refractivity contribution in [2.75, 3.05) is 31.7 Å². The molecular formula is C15H25NO3S. The van der Waals surface area contributed by atoms with Gasteiger partial charge in [-0.05, 0) is 30.0 Å². The lowest BCUT2D eigenvalue weighted by Gasteiger charge is -2.15. The zero-order valence-electron chi connectivity index (χ0n) is 12.8. The number of nitrogens with one attached hydrogen (secondary N) is 1. The van der Waals surface area contributed by atoms with Crippen molar-refractivity contribution in [3.05, 3.63) is 29.3 Å². The van der Waals surface area contributed by atoms with Gasteiger partial charge in [-0.1, -0.05) is 26.0 Å². The van der Waals surface area contributed by atoms with Crippen molar-refractivity contribution >= 4 is 9.84 Å². The van der Waals surface area contributed by atoms with Gasteiger partial charge in [0.05, 0.1) is 5.75 Å². The van der Waals surface area contributed by atoms with Gasteiger partial charge in [-0.25, -0.2) is 8.42 Å². The van der Waals surface area contributed by atoms with E-state index in [1.807, 2.05) is 13.0 Å². The van der Waals surface area contributed by atoms with E-state index in [9.17, 15) is 8.42 Å². The van der Waals surface area contributed by atoms with Crippen molar-refractivity contribution < 1.29 is 13.2 Å². The Kier molecular flexibility index (Phi) is 6.49. The minimum absolute atomic E-state index is 0.161. The van der Waals surface area contributed by atoms with Crippen LogP contribution in [-0.4, -0.2) is 40.1 Å². The van der Waals surface area contributed by atoms with E-state index in [1.54, 1.807) is 0 Å². The summed E-state index contributed by atoms with van der Waals surface area (Å²) in [6, 6.07) is 6.24. The first-order chi connectivity index (χ1) is 9.29. The molecule has 1 aromatic rings. The Morgan fingerprint density at radius 2 is 1.95 bits per heavy atom. The van der Waals surface area contributed by atoms with Crippen LogP contribution in [0.3, 0.4) is 0 Å². The Balaban J connectivity index is 2.40. The van der Waals surface area contributed by atoms with E-state index in [-0.39, 0.29) is 5.75 Å². The van der Waals surface area contributed by atoms with Crippen LogP contribution in [-0.2, 0) is 9.84 Å². The lowest BCUT2D eigenvalue weighted by atomic mass is 10.0. The fourth-order valence-corrected chi connectivity index (χ4v) is 2.37. The second-order valence-corrected chi connectivity index (χ2v) is 7.68. The van der Waals surface area contributed by atoms with Crippen LogP contribution in [0.4, 0.5) is 0 Å². The topological polar surface area (TPSA) is 55.4 Å². The largest absolute Gasteiger partial charge is 0.492 e. The van der Waals surface area contributed by atoms with Crippen LogP contribution in [0.15, 0.2) is 18.2 Å². The summed E-state index contributed by atoms with van der Waals surface area (Å²) in [5.41, 5.74) is 2.38. The van der Waals surface area contributed by atoms with Crippen LogP contribution in [0.5, 0.6) is 5.75 Å². The average Bonchev–Trinajstić information content (AvgIpc) is 2.32. The predicted molar refractivity (Wildman–Crippen MR) is 83.3 cm³/mol. The van der Waals surface area contributed by atoms with Gasteiger partial charge in [0.2, 0.25) is 0 Å². The molecule has 0 saturated heterocycles. The summed E-state index contributed by atoms with van der Waals surface area (Å²) in [5.74, 6) is 1.50. The second kappa shape index (κ2) is 7.64. The molecule has 0 heterocycles. The molecule has 20 heavy (non-hydrogen) atoms. The van der Waals surface area contributed by atoms with Crippen LogP contribution in [0.2, 0.25) is 0 Å². The van der Waals surface area contributed by atoms with Gasteiger partial charge in [-0.2, -0.15) is 0 Å². The summed E-state index contributed by atoms with van der Waals surface area (Å²) in [6.07, 6.45) is 1.24. The summed E-state index contributed by atoms with van der Waals surface area (Å²) in [4.78, 5) is 0. The highest BCUT2D eigenvalue weighted by molar-refractivity contribution is 7.90. The molecular weight excluding hydrogens is 274 g/mol. The SMILES string of the molecule is Cc1ccc(C(C)C)c(OCCNCCS(C)(=O)=O)c1. The van der Waals surface area contributed by atoms with Crippen molar-refractivity contribution in [3.63, 3.8) is 0 Å². The summed E-state index contributed by atoms with van der Waals surface area (Å²) >= 11 is 0. The lowest BCUT2D eigenvalue weighted by molar-refractivity contribution is 0.311. The third-order valence-electron chi connectivity index (χ3n) is 2.98. The minimum Gasteiger partial charge on any atom is -0.492 e. The molecule has 0 unspecified atom stereocenters. The van der Waals surface area contributed by atoms with Crippen LogP contribution >= 0.6 is 0 Å². The Morgan fingerprint density at radius 1 is 1.25 bits per heavy atom. The zero-order chi connectivity index (χ0) is 15.2. The zero-order valence-corrected chi connectivity index (χ0v) is 13.6. The Morgan fingerprint density at radius 3 is 2.55 bits per heavy atom. The Labute approximate surface area is 122 Å². The quantitative estimate of drug-likeness (QED) is 0.747. The lowest BCUT2D eigenvalue weighted by Crippen LogP contribution is -2.26. The maximum atomic E-state index is 11.0. The van der Waals surface area contributed by atoms with Crippen LogP contribution in [0.25, 0.3) is 0 Å². The van der Waals surface area contributed by atoms with E-state index in [0.717, 1.165) is 5.75 Å². The van der Waals surface area contributed by atoms with Crippen LogP contribution < -0.4 is 10.1 Å². The number of rotatable bonds is 8. The number of benzene rings is 1. The van der Waals surface area contributed by atoms with Gasteiger partial charge in [0, 0.05) is 19.3 Å². The van der Waals surface area contributed by atoms with Crippen LogP contribution in [0, 0.1) is 6.92 Å². The fourth-order valence-electron chi connectivity index (χ4n) is 1.86. The molecule has 1 aromatic carbocycles. The highest BCUT2D eigenvalue weighted by atomic mass is 32.2. The molecule has 0 aliphatic carbocycles. The number of sulfone groups is 1. The summed E-state index contributed by atoms with van der Waals surface area (Å²) in [6.45, 7) is 7.96. The van der Waals surface area contributed by atoms with E-state index in [2.05, 4.69) is 31.3 Å². The fraction of sp³-hybridized carbons (Fsp3) is 0.600. The molecule has 1 rings (SSSR count). The minimum atomic E-state index is -2.89. The second-order valence-electron chi connectivity index (χ2n) is 5.42. The molecule has 5 heteroatoms. The Hall–Kier alpha value is -1.07. The van der Waals surface area contributed by atoms with E-state index >= 15 is 0 Å². The average molecular weight is 299 g/mol. The monoisotopic (exact) mass is 299 g/mol. The first-order valence-electron chi connectivity index (χ1n) is 6.91. The van der Waals surface area contributed by atoms with Gasteiger partial charge in [0.15, 0.2) is 0 Å². The number of hydrogen-bond acceptors (Lipinski definition) is 4. The van der Waals surface area contributed by atoms with Crippen molar-refractivity contribution in [1.29, 1.82) is 0 Å². The predicted octanol–water partition coefficient (Wildman–Crippen LogP) is 2.13. The molecule has 0 amide bonds. The number of aryl methyl sites for hydroxylation is 1.